The van der Waals surface area contributed by atoms with Gasteiger partial charge < -0.3 is 9.84 Å². The number of aromatic nitrogens is 5. The molecule has 0 unspecified atom stereocenters. The molecule has 7 heteroatoms. The molecule has 3 heterocycles. The van der Waals surface area contributed by atoms with Crippen molar-refractivity contribution in [2.24, 2.45) is 0 Å². The van der Waals surface area contributed by atoms with Crippen molar-refractivity contribution in [3.63, 3.8) is 0 Å². The third kappa shape index (κ3) is 3.09. The van der Waals surface area contributed by atoms with E-state index >= 15 is 0 Å². The molecule has 4 rings (SSSR count). The second-order valence-electron chi connectivity index (χ2n) is 6.96. The highest BCUT2D eigenvalue weighted by Crippen LogP contribution is 2.29. The Morgan fingerprint density at radius 3 is 2.68 bits per heavy atom. The Kier molecular flexibility index (Phi) is 4.50. The molecule has 0 aliphatic heterocycles. The van der Waals surface area contributed by atoms with Gasteiger partial charge in [-0.1, -0.05) is 12.1 Å². The summed E-state index contributed by atoms with van der Waals surface area (Å²) in [7, 11) is 1.64. The summed E-state index contributed by atoms with van der Waals surface area (Å²) in [6, 6.07) is 9.39. The van der Waals surface area contributed by atoms with Crippen molar-refractivity contribution in [2.75, 3.05) is 7.11 Å². The van der Waals surface area contributed by atoms with Crippen molar-refractivity contribution in [1.82, 2.24) is 24.8 Å². The van der Waals surface area contributed by atoms with Crippen LogP contribution in [-0.4, -0.2) is 37.0 Å². The highest BCUT2D eigenvalue weighted by atomic mass is 16.5. The second-order valence-corrected chi connectivity index (χ2v) is 6.96. The van der Waals surface area contributed by atoms with Crippen LogP contribution in [0.5, 0.6) is 11.6 Å². The molecule has 4 aromatic rings. The molecular formula is C21H23N5O2. The fourth-order valence-corrected chi connectivity index (χ4v) is 3.52. The van der Waals surface area contributed by atoms with E-state index in [-0.39, 0.29) is 5.88 Å². The zero-order valence-corrected chi connectivity index (χ0v) is 16.4. The standard InChI is InChI=1S/C21H23N5O2/c1-12-20(15-6-5-7-17(10-15)28-4)25-26-19(27)11-16(22-21(12)26)8-9-18-13(2)23-24-14(18)3/h5-7,10-11,27H,8-9H2,1-4H3,(H,23,24). The van der Waals surface area contributed by atoms with Crippen LogP contribution in [0.3, 0.4) is 0 Å². The number of rotatable bonds is 5. The van der Waals surface area contributed by atoms with E-state index in [1.807, 2.05) is 45.0 Å². The van der Waals surface area contributed by atoms with E-state index in [2.05, 4.69) is 15.3 Å². The summed E-state index contributed by atoms with van der Waals surface area (Å²) in [5.74, 6) is 0.843. The lowest BCUT2D eigenvalue weighted by atomic mass is 10.1. The molecule has 144 valence electrons. The molecule has 3 aromatic heterocycles. The molecule has 0 saturated carbocycles. The molecule has 1 aromatic carbocycles. The maximum Gasteiger partial charge on any atom is 0.215 e. The van der Waals surface area contributed by atoms with Gasteiger partial charge in [0.25, 0.3) is 0 Å². The third-order valence-electron chi connectivity index (χ3n) is 5.11. The number of aromatic hydroxyl groups is 1. The quantitative estimate of drug-likeness (QED) is 0.555. The molecule has 0 radical (unpaired) electrons. The summed E-state index contributed by atoms with van der Waals surface area (Å²) >= 11 is 0. The van der Waals surface area contributed by atoms with Crippen LogP contribution in [0, 0.1) is 20.8 Å². The highest BCUT2D eigenvalue weighted by Gasteiger charge is 2.16. The first-order valence-corrected chi connectivity index (χ1v) is 9.21. The smallest absolute Gasteiger partial charge is 0.215 e. The Morgan fingerprint density at radius 2 is 1.96 bits per heavy atom. The predicted octanol–water partition coefficient (Wildman–Crippen LogP) is 3.54. The van der Waals surface area contributed by atoms with Gasteiger partial charge in [-0.3, -0.25) is 5.10 Å². The number of hydrogen-bond donors (Lipinski definition) is 2. The van der Waals surface area contributed by atoms with Crippen molar-refractivity contribution in [3.05, 3.63) is 58.5 Å². The van der Waals surface area contributed by atoms with Gasteiger partial charge in [0.15, 0.2) is 5.65 Å². The Bertz CT molecular complexity index is 1140. The van der Waals surface area contributed by atoms with Crippen LogP contribution in [0.1, 0.15) is 28.2 Å². The number of H-pyrrole nitrogens is 1. The summed E-state index contributed by atoms with van der Waals surface area (Å²) < 4.78 is 6.80. The molecule has 0 saturated heterocycles. The van der Waals surface area contributed by atoms with E-state index in [1.165, 1.54) is 10.1 Å². The van der Waals surface area contributed by atoms with Gasteiger partial charge in [-0.2, -0.15) is 14.7 Å². The predicted molar refractivity (Wildman–Crippen MR) is 107 cm³/mol. The Balaban J connectivity index is 1.71. The average Bonchev–Trinajstić information content (AvgIpc) is 3.20. The molecule has 0 spiro atoms. The number of benzene rings is 1. The number of methoxy groups -OCH3 is 1. The van der Waals surface area contributed by atoms with Crippen LogP contribution in [0.4, 0.5) is 0 Å². The number of aryl methyl sites for hydroxylation is 4. The van der Waals surface area contributed by atoms with Crippen molar-refractivity contribution >= 4 is 5.65 Å². The minimum atomic E-state index is 0.0814. The third-order valence-corrected chi connectivity index (χ3v) is 5.11. The highest BCUT2D eigenvalue weighted by molar-refractivity contribution is 5.71. The lowest BCUT2D eigenvalue weighted by Crippen LogP contribution is -2.00. The number of nitrogens with zero attached hydrogens (tertiary/aromatic N) is 4. The molecule has 0 atom stereocenters. The van der Waals surface area contributed by atoms with Crippen LogP contribution in [0.15, 0.2) is 30.3 Å². The molecule has 0 amide bonds. The lowest BCUT2D eigenvalue weighted by molar-refractivity contribution is 0.415. The van der Waals surface area contributed by atoms with Gasteiger partial charge in [0, 0.05) is 28.6 Å². The van der Waals surface area contributed by atoms with E-state index < -0.39 is 0 Å². The van der Waals surface area contributed by atoms with Gasteiger partial charge in [0.1, 0.15) is 5.75 Å². The van der Waals surface area contributed by atoms with Crippen LogP contribution >= 0.6 is 0 Å². The van der Waals surface area contributed by atoms with Crippen LogP contribution in [0.2, 0.25) is 0 Å². The van der Waals surface area contributed by atoms with E-state index in [0.29, 0.717) is 12.1 Å². The summed E-state index contributed by atoms with van der Waals surface area (Å²) in [6.07, 6.45) is 1.52. The average molecular weight is 377 g/mol. The minimum absolute atomic E-state index is 0.0814. The number of ether oxygens (including phenoxy) is 1. The van der Waals surface area contributed by atoms with Gasteiger partial charge in [-0.05, 0) is 51.3 Å². The first-order chi connectivity index (χ1) is 13.5. The fourth-order valence-electron chi connectivity index (χ4n) is 3.52. The van der Waals surface area contributed by atoms with Crippen molar-refractivity contribution < 1.29 is 9.84 Å². The molecular weight excluding hydrogens is 354 g/mol. The van der Waals surface area contributed by atoms with E-state index in [9.17, 15) is 5.11 Å². The van der Waals surface area contributed by atoms with E-state index in [1.54, 1.807) is 13.2 Å². The number of nitrogens with one attached hydrogen (secondary N) is 1. The molecule has 0 bridgehead atoms. The molecule has 2 N–H and O–H groups in total. The van der Waals surface area contributed by atoms with Crippen molar-refractivity contribution in [3.8, 4) is 22.9 Å². The Morgan fingerprint density at radius 1 is 1.14 bits per heavy atom. The Hall–Kier alpha value is -3.35. The van der Waals surface area contributed by atoms with Crippen LogP contribution in [0.25, 0.3) is 16.9 Å². The summed E-state index contributed by atoms with van der Waals surface area (Å²) in [5, 5.41) is 22.3. The van der Waals surface area contributed by atoms with Crippen LogP contribution in [-0.2, 0) is 12.8 Å². The van der Waals surface area contributed by atoms with Gasteiger partial charge in [0.2, 0.25) is 5.88 Å². The molecule has 0 fully saturated rings. The van der Waals surface area contributed by atoms with E-state index in [0.717, 1.165) is 46.1 Å². The molecule has 0 aliphatic carbocycles. The van der Waals surface area contributed by atoms with Gasteiger partial charge >= 0.3 is 0 Å². The van der Waals surface area contributed by atoms with Gasteiger partial charge in [-0.25, -0.2) is 4.98 Å². The van der Waals surface area contributed by atoms with E-state index in [4.69, 9.17) is 9.72 Å². The SMILES string of the molecule is COc1cccc(-c2nn3c(O)cc(CCc4c(C)n[nH]c4C)nc3c2C)c1. The van der Waals surface area contributed by atoms with Gasteiger partial charge in [0.05, 0.1) is 18.5 Å². The summed E-state index contributed by atoms with van der Waals surface area (Å²) in [4.78, 5) is 4.76. The fraction of sp³-hybridized carbons (Fsp3) is 0.286. The monoisotopic (exact) mass is 377 g/mol. The lowest BCUT2D eigenvalue weighted by Gasteiger charge is -2.05. The zero-order chi connectivity index (χ0) is 19.8. The first-order valence-electron chi connectivity index (χ1n) is 9.21. The normalized spacial score (nSPS) is 11.3. The Labute approximate surface area is 163 Å². The summed E-state index contributed by atoms with van der Waals surface area (Å²) in [6.45, 7) is 5.98. The summed E-state index contributed by atoms with van der Waals surface area (Å²) in [5.41, 5.74) is 7.38. The van der Waals surface area contributed by atoms with Gasteiger partial charge in [-0.15, -0.1) is 0 Å². The maximum absolute atomic E-state index is 10.5. The second kappa shape index (κ2) is 6.99. The first kappa shape index (κ1) is 18.0. The maximum atomic E-state index is 10.5. The number of aromatic amines is 1. The molecule has 7 nitrogen and oxygen atoms in total. The molecule has 0 aliphatic rings. The van der Waals surface area contributed by atoms with Crippen molar-refractivity contribution in [1.29, 1.82) is 0 Å². The largest absolute Gasteiger partial charge is 0.497 e. The number of hydrogen-bond acceptors (Lipinski definition) is 5. The minimum Gasteiger partial charge on any atom is -0.497 e. The number of fused-ring (bicyclic) bond motifs is 1. The van der Waals surface area contributed by atoms with Crippen molar-refractivity contribution in [2.45, 2.75) is 33.6 Å². The zero-order valence-electron chi connectivity index (χ0n) is 16.4. The van der Waals surface area contributed by atoms with Crippen LogP contribution < -0.4 is 4.74 Å². The topological polar surface area (TPSA) is 88.3 Å². The molecule has 28 heavy (non-hydrogen) atoms.